The Bertz CT molecular complexity index is 296. The van der Waals surface area contributed by atoms with Crippen LogP contribution in [0, 0.1) is 0 Å². The summed E-state index contributed by atoms with van der Waals surface area (Å²) in [6.45, 7) is 7.33. The Morgan fingerprint density at radius 1 is 1.53 bits per heavy atom. The van der Waals surface area contributed by atoms with Crippen LogP contribution in [0.3, 0.4) is 0 Å². The van der Waals surface area contributed by atoms with E-state index in [1.807, 2.05) is 6.92 Å². The third-order valence-corrected chi connectivity index (χ3v) is 3.81. The molecule has 2 unspecified atom stereocenters. The molecule has 1 rings (SSSR count). The van der Waals surface area contributed by atoms with Crippen molar-refractivity contribution in [2.24, 2.45) is 5.73 Å². The quantitative estimate of drug-likeness (QED) is 0.840. The van der Waals surface area contributed by atoms with Gasteiger partial charge in [-0.3, -0.25) is 4.90 Å². The second kappa shape index (κ2) is 5.58. The largest absolute Gasteiger partial charge is 0.322 e. The monoisotopic (exact) mass is 227 g/mol. The van der Waals surface area contributed by atoms with Gasteiger partial charge in [0.2, 0.25) is 0 Å². The topological polar surface area (TPSA) is 42.1 Å². The highest BCUT2D eigenvalue weighted by Crippen LogP contribution is 2.17. The molecule has 0 aliphatic carbocycles. The molecule has 4 heteroatoms. The molecular weight excluding hydrogens is 206 g/mol. The molecule has 0 fully saturated rings. The maximum Gasteiger partial charge on any atom is 0.109 e. The molecule has 2 N–H and O–H groups in total. The predicted molar refractivity (Wildman–Crippen MR) is 65.9 cm³/mol. The average Bonchev–Trinajstić information content (AvgIpc) is 2.65. The van der Waals surface area contributed by atoms with E-state index in [2.05, 4.69) is 36.2 Å². The van der Waals surface area contributed by atoms with E-state index in [0.29, 0.717) is 6.04 Å². The van der Waals surface area contributed by atoms with E-state index in [4.69, 9.17) is 5.73 Å². The second-order valence-electron chi connectivity index (χ2n) is 4.14. The lowest BCUT2D eigenvalue weighted by atomic mass is 10.2. The molecule has 0 aromatic carbocycles. The first kappa shape index (κ1) is 12.6. The molecule has 0 amide bonds. The van der Waals surface area contributed by atoms with Crippen molar-refractivity contribution < 1.29 is 0 Å². The van der Waals surface area contributed by atoms with Crippen molar-refractivity contribution in [3.63, 3.8) is 0 Å². The standard InChI is InChI=1S/C11H21N3S/c1-5-8(2)14(4)6-10-7-15-11(13-10)9(3)12/h7-9H,5-6,12H2,1-4H3. The number of hydrogen-bond acceptors (Lipinski definition) is 4. The van der Waals surface area contributed by atoms with E-state index in [1.165, 1.54) is 6.42 Å². The van der Waals surface area contributed by atoms with Crippen LogP contribution >= 0.6 is 11.3 Å². The summed E-state index contributed by atoms with van der Waals surface area (Å²) in [6.07, 6.45) is 1.17. The molecule has 0 bridgehead atoms. The van der Waals surface area contributed by atoms with Gasteiger partial charge < -0.3 is 5.73 Å². The summed E-state index contributed by atoms with van der Waals surface area (Å²) in [6, 6.07) is 0.656. The molecule has 1 heterocycles. The number of rotatable bonds is 5. The zero-order valence-electron chi connectivity index (χ0n) is 10.0. The van der Waals surface area contributed by atoms with Gasteiger partial charge in [0.25, 0.3) is 0 Å². The van der Waals surface area contributed by atoms with Crippen LogP contribution in [-0.4, -0.2) is 23.0 Å². The molecule has 0 radical (unpaired) electrons. The predicted octanol–water partition coefficient (Wildman–Crippen LogP) is 2.39. The molecule has 0 spiro atoms. The summed E-state index contributed by atoms with van der Waals surface area (Å²) in [7, 11) is 2.14. The van der Waals surface area contributed by atoms with Gasteiger partial charge in [0.15, 0.2) is 0 Å². The van der Waals surface area contributed by atoms with Gasteiger partial charge in [-0.05, 0) is 27.3 Å². The Balaban J connectivity index is 2.57. The van der Waals surface area contributed by atoms with Crippen molar-refractivity contribution in [2.45, 2.75) is 45.8 Å². The molecule has 0 saturated carbocycles. The second-order valence-corrected chi connectivity index (χ2v) is 5.03. The fourth-order valence-corrected chi connectivity index (χ4v) is 2.10. The van der Waals surface area contributed by atoms with Crippen LogP contribution in [0.25, 0.3) is 0 Å². The molecule has 1 aromatic heterocycles. The maximum atomic E-state index is 5.78. The summed E-state index contributed by atoms with van der Waals surface area (Å²) in [5, 5.41) is 3.14. The van der Waals surface area contributed by atoms with Crippen molar-refractivity contribution in [1.82, 2.24) is 9.88 Å². The van der Waals surface area contributed by atoms with Crippen molar-refractivity contribution in [2.75, 3.05) is 7.05 Å². The van der Waals surface area contributed by atoms with Crippen molar-refractivity contribution in [3.05, 3.63) is 16.1 Å². The van der Waals surface area contributed by atoms with Gasteiger partial charge in [0.1, 0.15) is 5.01 Å². The molecule has 0 aliphatic heterocycles. The summed E-state index contributed by atoms with van der Waals surface area (Å²) < 4.78 is 0. The maximum absolute atomic E-state index is 5.78. The lowest BCUT2D eigenvalue weighted by Crippen LogP contribution is -2.27. The molecule has 0 saturated heterocycles. The minimum atomic E-state index is 0.0534. The van der Waals surface area contributed by atoms with E-state index in [-0.39, 0.29) is 6.04 Å². The van der Waals surface area contributed by atoms with Crippen LogP contribution < -0.4 is 5.73 Å². The van der Waals surface area contributed by atoms with Crippen molar-refractivity contribution in [1.29, 1.82) is 0 Å². The van der Waals surface area contributed by atoms with Gasteiger partial charge >= 0.3 is 0 Å². The smallest absolute Gasteiger partial charge is 0.109 e. The summed E-state index contributed by atoms with van der Waals surface area (Å²) in [5.41, 5.74) is 6.91. The average molecular weight is 227 g/mol. The van der Waals surface area contributed by atoms with Gasteiger partial charge in [-0.2, -0.15) is 0 Å². The molecule has 86 valence electrons. The molecule has 1 aromatic rings. The zero-order valence-corrected chi connectivity index (χ0v) is 10.8. The highest BCUT2D eigenvalue weighted by molar-refractivity contribution is 7.09. The summed E-state index contributed by atoms with van der Waals surface area (Å²) in [5.74, 6) is 0. The third kappa shape index (κ3) is 3.55. The minimum Gasteiger partial charge on any atom is -0.322 e. The van der Waals surface area contributed by atoms with E-state index < -0.39 is 0 Å². The first-order valence-electron chi connectivity index (χ1n) is 5.44. The fraction of sp³-hybridized carbons (Fsp3) is 0.727. The highest BCUT2D eigenvalue weighted by Gasteiger charge is 2.11. The Morgan fingerprint density at radius 3 is 2.67 bits per heavy atom. The molecule has 2 atom stereocenters. The lowest BCUT2D eigenvalue weighted by molar-refractivity contribution is 0.241. The van der Waals surface area contributed by atoms with Gasteiger partial charge in [-0.25, -0.2) is 4.98 Å². The van der Waals surface area contributed by atoms with Crippen LogP contribution in [0.4, 0.5) is 0 Å². The first-order chi connectivity index (χ1) is 7.04. The van der Waals surface area contributed by atoms with Crippen LogP contribution in [0.2, 0.25) is 0 Å². The van der Waals surface area contributed by atoms with Crippen LogP contribution in [-0.2, 0) is 6.54 Å². The van der Waals surface area contributed by atoms with Crippen molar-refractivity contribution >= 4 is 11.3 Å². The summed E-state index contributed by atoms with van der Waals surface area (Å²) >= 11 is 1.66. The lowest BCUT2D eigenvalue weighted by Gasteiger charge is -2.22. The van der Waals surface area contributed by atoms with Crippen molar-refractivity contribution in [3.8, 4) is 0 Å². The molecule has 3 nitrogen and oxygen atoms in total. The van der Waals surface area contributed by atoms with Gasteiger partial charge in [0.05, 0.1) is 11.7 Å². The zero-order chi connectivity index (χ0) is 11.4. The van der Waals surface area contributed by atoms with Gasteiger partial charge in [-0.1, -0.05) is 6.92 Å². The Kier molecular flexibility index (Phi) is 4.70. The van der Waals surface area contributed by atoms with Crippen LogP contribution in [0.15, 0.2) is 5.38 Å². The highest BCUT2D eigenvalue weighted by atomic mass is 32.1. The van der Waals surface area contributed by atoms with Gasteiger partial charge in [0, 0.05) is 18.0 Å². The SMILES string of the molecule is CCC(C)N(C)Cc1csc(C(C)N)n1. The van der Waals surface area contributed by atoms with E-state index in [1.54, 1.807) is 11.3 Å². The van der Waals surface area contributed by atoms with Crippen LogP contribution in [0.1, 0.15) is 43.9 Å². The molecule has 0 aliphatic rings. The number of nitrogens with zero attached hydrogens (tertiary/aromatic N) is 2. The first-order valence-corrected chi connectivity index (χ1v) is 6.32. The Hall–Kier alpha value is -0.450. The minimum absolute atomic E-state index is 0.0534. The molecular formula is C11H21N3S. The number of hydrogen-bond donors (Lipinski definition) is 1. The Labute approximate surface area is 96.3 Å². The van der Waals surface area contributed by atoms with E-state index in [9.17, 15) is 0 Å². The Morgan fingerprint density at radius 2 is 2.20 bits per heavy atom. The normalized spacial score (nSPS) is 15.6. The number of thiazole rings is 1. The number of nitrogens with two attached hydrogens (primary N) is 1. The van der Waals surface area contributed by atoms with E-state index in [0.717, 1.165) is 17.2 Å². The van der Waals surface area contributed by atoms with Crippen LogP contribution in [0.5, 0.6) is 0 Å². The number of aromatic nitrogens is 1. The fourth-order valence-electron chi connectivity index (χ4n) is 1.33. The summed E-state index contributed by atoms with van der Waals surface area (Å²) in [4.78, 5) is 6.84. The molecule has 15 heavy (non-hydrogen) atoms. The van der Waals surface area contributed by atoms with E-state index >= 15 is 0 Å². The third-order valence-electron chi connectivity index (χ3n) is 2.71. The van der Waals surface area contributed by atoms with Gasteiger partial charge in [-0.15, -0.1) is 11.3 Å².